The van der Waals surface area contributed by atoms with Crippen LogP contribution in [0.4, 0.5) is 0 Å². The summed E-state index contributed by atoms with van der Waals surface area (Å²) in [5, 5.41) is 6.56. The Kier molecular flexibility index (Phi) is 14.4. The standard InChI is InChI=1S/C17H34N4O2.HI/c1-4-23-16(22)10-7-11-19-17(18-3)20-12-8-14-21-13-6-5-9-15(21)2;/h15H,4-14H2,1-3H3,(H2,18,19,20);1H. The molecule has 0 amide bonds. The minimum atomic E-state index is -0.132. The summed E-state index contributed by atoms with van der Waals surface area (Å²) in [4.78, 5) is 18.0. The number of likely N-dealkylation sites (tertiary alicyclic amines) is 1. The van der Waals surface area contributed by atoms with E-state index in [0.717, 1.165) is 44.5 Å². The summed E-state index contributed by atoms with van der Waals surface area (Å²) in [7, 11) is 1.77. The predicted molar refractivity (Wildman–Crippen MR) is 110 cm³/mol. The molecule has 1 saturated heterocycles. The number of ether oxygens (including phenoxy) is 1. The highest BCUT2D eigenvalue weighted by molar-refractivity contribution is 14.0. The minimum absolute atomic E-state index is 0. The molecule has 0 aromatic carbocycles. The summed E-state index contributed by atoms with van der Waals surface area (Å²) in [6.45, 7) is 8.63. The first-order chi connectivity index (χ1) is 11.2. The van der Waals surface area contributed by atoms with Gasteiger partial charge in [-0.3, -0.25) is 9.79 Å². The highest BCUT2D eigenvalue weighted by Crippen LogP contribution is 2.15. The third kappa shape index (κ3) is 10.3. The average molecular weight is 454 g/mol. The van der Waals surface area contributed by atoms with Gasteiger partial charge in [-0.05, 0) is 46.1 Å². The van der Waals surface area contributed by atoms with Crippen molar-refractivity contribution < 1.29 is 9.53 Å². The smallest absolute Gasteiger partial charge is 0.305 e. The number of carbonyl (C=O) groups is 1. The zero-order valence-corrected chi connectivity index (χ0v) is 17.8. The molecule has 0 aromatic heterocycles. The molecular weight excluding hydrogens is 419 g/mol. The van der Waals surface area contributed by atoms with Crippen LogP contribution >= 0.6 is 24.0 Å². The van der Waals surface area contributed by atoms with E-state index in [1.54, 1.807) is 7.05 Å². The maximum atomic E-state index is 11.2. The first kappa shape index (κ1) is 23.4. The fourth-order valence-electron chi connectivity index (χ4n) is 2.87. The Morgan fingerprint density at radius 3 is 2.58 bits per heavy atom. The molecule has 1 fully saturated rings. The lowest BCUT2D eigenvalue weighted by molar-refractivity contribution is -0.143. The number of aliphatic imine (C=N–C) groups is 1. The molecule has 142 valence electrons. The molecule has 1 aliphatic rings. The molecular formula is C17H35IN4O2. The zero-order valence-electron chi connectivity index (χ0n) is 15.5. The Balaban J connectivity index is 0.00000529. The molecule has 1 heterocycles. The van der Waals surface area contributed by atoms with Crippen LogP contribution in [0.1, 0.15) is 52.4 Å². The Morgan fingerprint density at radius 2 is 1.96 bits per heavy atom. The first-order valence-corrected chi connectivity index (χ1v) is 9.01. The van der Waals surface area contributed by atoms with Crippen molar-refractivity contribution in [2.75, 3.05) is 39.8 Å². The molecule has 0 bridgehead atoms. The average Bonchev–Trinajstić information content (AvgIpc) is 2.55. The SMILES string of the molecule is CCOC(=O)CCCNC(=NC)NCCCN1CCCCC1C.I. The van der Waals surface area contributed by atoms with Gasteiger partial charge in [0.2, 0.25) is 0 Å². The van der Waals surface area contributed by atoms with Gasteiger partial charge in [0.1, 0.15) is 0 Å². The van der Waals surface area contributed by atoms with Gasteiger partial charge >= 0.3 is 5.97 Å². The summed E-state index contributed by atoms with van der Waals surface area (Å²) >= 11 is 0. The van der Waals surface area contributed by atoms with E-state index in [0.29, 0.717) is 13.0 Å². The Hall–Kier alpha value is -0.570. The number of piperidine rings is 1. The van der Waals surface area contributed by atoms with Crippen LogP contribution in [-0.2, 0) is 9.53 Å². The van der Waals surface area contributed by atoms with E-state index in [2.05, 4.69) is 27.4 Å². The third-order valence-corrected chi connectivity index (χ3v) is 4.23. The second-order valence-corrected chi connectivity index (χ2v) is 6.07. The quantitative estimate of drug-likeness (QED) is 0.184. The summed E-state index contributed by atoms with van der Waals surface area (Å²) in [5.74, 6) is 0.674. The summed E-state index contributed by atoms with van der Waals surface area (Å²) in [5.41, 5.74) is 0. The van der Waals surface area contributed by atoms with Gasteiger partial charge in [-0.2, -0.15) is 0 Å². The minimum Gasteiger partial charge on any atom is -0.466 e. The van der Waals surface area contributed by atoms with Gasteiger partial charge in [0.25, 0.3) is 0 Å². The van der Waals surface area contributed by atoms with Crippen LogP contribution in [0, 0.1) is 0 Å². The number of nitrogens with zero attached hydrogens (tertiary/aromatic N) is 2. The van der Waals surface area contributed by atoms with E-state index in [4.69, 9.17) is 4.74 Å². The number of nitrogens with one attached hydrogen (secondary N) is 2. The summed E-state index contributed by atoms with van der Waals surface area (Å²) < 4.78 is 4.90. The predicted octanol–water partition coefficient (Wildman–Crippen LogP) is 2.38. The molecule has 1 atom stereocenters. The van der Waals surface area contributed by atoms with Gasteiger partial charge in [-0.25, -0.2) is 0 Å². The summed E-state index contributed by atoms with van der Waals surface area (Å²) in [6.07, 6.45) is 6.36. The highest BCUT2D eigenvalue weighted by atomic mass is 127. The number of halogens is 1. The molecule has 1 aliphatic heterocycles. The lowest BCUT2D eigenvalue weighted by Crippen LogP contribution is -2.41. The van der Waals surface area contributed by atoms with Crippen molar-refractivity contribution in [3.05, 3.63) is 0 Å². The lowest BCUT2D eigenvalue weighted by atomic mass is 10.0. The van der Waals surface area contributed by atoms with Gasteiger partial charge in [-0.1, -0.05) is 6.42 Å². The largest absolute Gasteiger partial charge is 0.466 e. The van der Waals surface area contributed by atoms with Crippen LogP contribution in [0.3, 0.4) is 0 Å². The molecule has 24 heavy (non-hydrogen) atoms. The highest BCUT2D eigenvalue weighted by Gasteiger charge is 2.17. The maximum absolute atomic E-state index is 11.2. The first-order valence-electron chi connectivity index (χ1n) is 9.01. The fourth-order valence-corrected chi connectivity index (χ4v) is 2.87. The molecule has 1 rings (SSSR count). The van der Waals surface area contributed by atoms with E-state index in [9.17, 15) is 4.79 Å². The van der Waals surface area contributed by atoms with Crippen molar-refractivity contribution in [3.63, 3.8) is 0 Å². The van der Waals surface area contributed by atoms with Crippen molar-refractivity contribution in [1.82, 2.24) is 15.5 Å². The van der Waals surface area contributed by atoms with Crippen LogP contribution in [0.2, 0.25) is 0 Å². The van der Waals surface area contributed by atoms with Crippen LogP contribution in [0.5, 0.6) is 0 Å². The second-order valence-electron chi connectivity index (χ2n) is 6.07. The van der Waals surface area contributed by atoms with Crippen molar-refractivity contribution in [2.45, 2.75) is 58.4 Å². The second kappa shape index (κ2) is 14.7. The number of hydrogen-bond donors (Lipinski definition) is 2. The van der Waals surface area contributed by atoms with E-state index in [1.807, 2.05) is 6.92 Å². The molecule has 2 N–H and O–H groups in total. The van der Waals surface area contributed by atoms with Crippen LogP contribution < -0.4 is 10.6 Å². The van der Waals surface area contributed by atoms with Crippen molar-refractivity contribution in [2.24, 2.45) is 4.99 Å². The zero-order chi connectivity index (χ0) is 16.9. The van der Waals surface area contributed by atoms with E-state index in [1.165, 1.54) is 25.8 Å². The van der Waals surface area contributed by atoms with Gasteiger partial charge < -0.3 is 20.3 Å². The molecule has 0 spiro atoms. The molecule has 0 aliphatic carbocycles. The Bertz CT molecular complexity index is 366. The topological polar surface area (TPSA) is 66.0 Å². The number of carbonyl (C=O) groups excluding carboxylic acids is 1. The Morgan fingerprint density at radius 1 is 1.25 bits per heavy atom. The normalized spacial score (nSPS) is 18.6. The van der Waals surface area contributed by atoms with Crippen molar-refractivity contribution in [3.8, 4) is 0 Å². The van der Waals surface area contributed by atoms with Crippen molar-refractivity contribution in [1.29, 1.82) is 0 Å². The Labute approximate surface area is 164 Å². The van der Waals surface area contributed by atoms with E-state index in [-0.39, 0.29) is 29.9 Å². The number of esters is 1. The van der Waals surface area contributed by atoms with Crippen molar-refractivity contribution >= 4 is 35.9 Å². The van der Waals surface area contributed by atoms with Gasteiger partial charge in [0, 0.05) is 39.1 Å². The number of rotatable bonds is 9. The van der Waals surface area contributed by atoms with E-state index >= 15 is 0 Å². The molecule has 0 aromatic rings. The van der Waals surface area contributed by atoms with Gasteiger partial charge in [0.05, 0.1) is 6.61 Å². The summed E-state index contributed by atoms with van der Waals surface area (Å²) in [6, 6.07) is 0.726. The fraction of sp³-hybridized carbons (Fsp3) is 0.882. The van der Waals surface area contributed by atoms with Gasteiger partial charge in [0.15, 0.2) is 5.96 Å². The maximum Gasteiger partial charge on any atom is 0.305 e. The molecule has 1 unspecified atom stereocenters. The van der Waals surface area contributed by atoms with E-state index < -0.39 is 0 Å². The number of guanidine groups is 1. The third-order valence-electron chi connectivity index (χ3n) is 4.23. The molecule has 0 radical (unpaired) electrons. The lowest BCUT2D eigenvalue weighted by Gasteiger charge is -2.33. The van der Waals surface area contributed by atoms with Crippen LogP contribution in [-0.4, -0.2) is 62.7 Å². The molecule has 0 saturated carbocycles. The van der Waals surface area contributed by atoms with Gasteiger partial charge in [-0.15, -0.1) is 24.0 Å². The molecule has 6 nitrogen and oxygen atoms in total. The van der Waals surface area contributed by atoms with Crippen LogP contribution in [0.15, 0.2) is 4.99 Å². The monoisotopic (exact) mass is 454 g/mol. The molecule has 7 heteroatoms. The van der Waals surface area contributed by atoms with Crippen LogP contribution in [0.25, 0.3) is 0 Å². The number of hydrogen-bond acceptors (Lipinski definition) is 4.